The van der Waals surface area contributed by atoms with Crippen molar-refractivity contribution in [3.8, 4) is 11.5 Å². The van der Waals surface area contributed by atoms with Gasteiger partial charge in [-0.1, -0.05) is 54.5 Å². The molecule has 1 heterocycles. The molecule has 39 heavy (non-hydrogen) atoms. The van der Waals surface area contributed by atoms with Crippen molar-refractivity contribution in [1.82, 2.24) is 20.3 Å². The minimum absolute atomic E-state index is 0.0802. The number of aromatic nitrogens is 3. The molecule has 1 atom stereocenters. The summed E-state index contributed by atoms with van der Waals surface area (Å²) in [6.45, 7) is 2.29. The van der Waals surface area contributed by atoms with Crippen molar-refractivity contribution in [1.29, 1.82) is 0 Å². The van der Waals surface area contributed by atoms with Gasteiger partial charge in [0.2, 0.25) is 11.8 Å². The molecule has 0 radical (unpaired) electrons. The van der Waals surface area contributed by atoms with Crippen molar-refractivity contribution in [3.63, 3.8) is 0 Å². The molecule has 5 rings (SSSR count). The number of hydrogen-bond acceptors (Lipinski definition) is 6. The molecular formula is C30H33N5O4. The Hall–Kier alpha value is -4.40. The Morgan fingerprint density at radius 2 is 1.77 bits per heavy atom. The van der Waals surface area contributed by atoms with Crippen LogP contribution in [0.5, 0.6) is 11.5 Å². The van der Waals surface area contributed by atoms with E-state index in [1.807, 2.05) is 67.6 Å². The van der Waals surface area contributed by atoms with E-state index in [-0.39, 0.29) is 24.4 Å². The third-order valence-corrected chi connectivity index (χ3v) is 7.02. The van der Waals surface area contributed by atoms with Gasteiger partial charge in [0.05, 0.1) is 19.2 Å². The summed E-state index contributed by atoms with van der Waals surface area (Å²) in [6.07, 6.45) is 4.00. The topological polar surface area (TPSA) is 98.6 Å². The Balaban J connectivity index is 1.58. The van der Waals surface area contributed by atoms with Crippen LogP contribution in [0, 0.1) is 0 Å². The first kappa shape index (κ1) is 26.2. The predicted octanol–water partition coefficient (Wildman–Crippen LogP) is 4.67. The third-order valence-electron chi connectivity index (χ3n) is 7.02. The number of benzene rings is 3. The van der Waals surface area contributed by atoms with E-state index in [0.717, 1.165) is 31.2 Å². The highest BCUT2D eigenvalue weighted by molar-refractivity contribution is 6.01. The van der Waals surface area contributed by atoms with Gasteiger partial charge in [-0.15, -0.1) is 5.10 Å². The third kappa shape index (κ3) is 5.72. The lowest BCUT2D eigenvalue weighted by molar-refractivity contribution is -0.127. The van der Waals surface area contributed by atoms with Gasteiger partial charge in [-0.3, -0.25) is 14.5 Å². The Bertz CT molecular complexity index is 1430. The Kier molecular flexibility index (Phi) is 8.05. The first-order valence-corrected chi connectivity index (χ1v) is 13.4. The molecule has 1 unspecified atom stereocenters. The number of para-hydroxylation sites is 2. The number of ether oxygens (including phenoxy) is 2. The summed E-state index contributed by atoms with van der Waals surface area (Å²) in [6, 6.07) is 21.2. The summed E-state index contributed by atoms with van der Waals surface area (Å²) in [5, 5.41) is 11.6. The molecule has 1 aliphatic rings. The monoisotopic (exact) mass is 527 g/mol. The number of carbonyl (C=O) groups is 2. The molecule has 202 valence electrons. The van der Waals surface area contributed by atoms with Gasteiger partial charge < -0.3 is 14.8 Å². The molecule has 1 fully saturated rings. The summed E-state index contributed by atoms with van der Waals surface area (Å²) in [5.41, 5.74) is 2.66. The summed E-state index contributed by atoms with van der Waals surface area (Å²) in [7, 11) is 1.56. The molecule has 9 nitrogen and oxygen atoms in total. The van der Waals surface area contributed by atoms with Gasteiger partial charge in [-0.2, -0.15) is 0 Å². The SMILES string of the molecule is CCOc1ccc(C(C(=O)NC2CCCC2)N(C(=O)Cn2nnc3ccccc32)c2ccccc2)cc1OC. The predicted molar refractivity (Wildman–Crippen MR) is 149 cm³/mol. The van der Waals surface area contributed by atoms with Crippen LogP contribution in [-0.2, 0) is 16.1 Å². The molecule has 9 heteroatoms. The number of amides is 2. The summed E-state index contributed by atoms with van der Waals surface area (Å²) < 4.78 is 12.9. The van der Waals surface area contributed by atoms with Crippen molar-refractivity contribution in [2.24, 2.45) is 0 Å². The maximum absolute atomic E-state index is 14.1. The Morgan fingerprint density at radius 1 is 1.03 bits per heavy atom. The highest BCUT2D eigenvalue weighted by atomic mass is 16.5. The van der Waals surface area contributed by atoms with E-state index in [2.05, 4.69) is 15.6 Å². The van der Waals surface area contributed by atoms with Gasteiger partial charge in [-0.25, -0.2) is 4.68 Å². The van der Waals surface area contributed by atoms with Crippen LogP contribution in [0.25, 0.3) is 11.0 Å². The first-order chi connectivity index (χ1) is 19.1. The van der Waals surface area contributed by atoms with Crippen molar-refractivity contribution >= 4 is 28.5 Å². The molecule has 1 N–H and O–H groups in total. The quantitative estimate of drug-likeness (QED) is 0.322. The molecule has 3 aromatic carbocycles. The molecular weight excluding hydrogens is 494 g/mol. The molecule has 1 aliphatic carbocycles. The Morgan fingerprint density at radius 3 is 2.51 bits per heavy atom. The lowest BCUT2D eigenvalue weighted by atomic mass is 10.0. The molecule has 0 bridgehead atoms. The van der Waals surface area contributed by atoms with Crippen LogP contribution in [0.15, 0.2) is 72.8 Å². The highest BCUT2D eigenvalue weighted by Crippen LogP contribution is 2.35. The second kappa shape index (κ2) is 12.0. The van der Waals surface area contributed by atoms with E-state index < -0.39 is 6.04 Å². The van der Waals surface area contributed by atoms with Gasteiger partial charge in [0.15, 0.2) is 11.5 Å². The number of fused-ring (bicyclic) bond motifs is 1. The van der Waals surface area contributed by atoms with E-state index >= 15 is 0 Å². The number of methoxy groups -OCH3 is 1. The summed E-state index contributed by atoms with van der Waals surface area (Å²) in [5.74, 6) is 0.533. The summed E-state index contributed by atoms with van der Waals surface area (Å²) in [4.78, 5) is 29.7. The molecule has 0 saturated heterocycles. The average Bonchev–Trinajstić information content (AvgIpc) is 3.62. The highest BCUT2D eigenvalue weighted by Gasteiger charge is 2.35. The number of hydrogen-bond donors (Lipinski definition) is 1. The fourth-order valence-corrected chi connectivity index (χ4v) is 5.16. The van der Waals surface area contributed by atoms with Crippen LogP contribution < -0.4 is 19.7 Å². The van der Waals surface area contributed by atoms with E-state index in [1.165, 1.54) is 0 Å². The van der Waals surface area contributed by atoms with Crippen LogP contribution in [-0.4, -0.2) is 46.6 Å². The smallest absolute Gasteiger partial charge is 0.249 e. The number of carbonyl (C=O) groups excluding carboxylic acids is 2. The lowest BCUT2D eigenvalue weighted by Gasteiger charge is -2.32. The molecule has 0 aliphatic heterocycles. The van der Waals surface area contributed by atoms with Gasteiger partial charge in [0, 0.05) is 11.7 Å². The van der Waals surface area contributed by atoms with Gasteiger partial charge in [0.1, 0.15) is 18.1 Å². The maximum atomic E-state index is 14.1. The number of nitrogens with zero attached hydrogens (tertiary/aromatic N) is 4. The minimum atomic E-state index is -0.945. The van der Waals surface area contributed by atoms with E-state index in [4.69, 9.17) is 9.47 Å². The molecule has 0 spiro atoms. The zero-order chi connectivity index (χ0) is 27.2. The molecule has 1 aromatic heterocycles. The van der Waals surface area contributed by atoms with E-state index in [0.29, 0.717) is 34.9 Å². The van der Waals surface area contributed by atoms with Crippen LogP contribution in [0.2, 0.25) is 0 Å². The zero-order valence-electron chi connectivity index (χ0n) is 22.2. The number of rotatable bonds is 10. The van der Waals surface area contributed by atoms with Gasteiger partial charge in [0.25, 0.3) is 0 Å². The van der Waals surface area contributed by atoms with Crippen LogP contribution in [0.4, 0.5) is 5.69 Å². The van der Waals surface area contributed by atoms with Gasteiger partial charge >= 0.3 is 0 Å². The second-order valence-corrected chi connectivity index (χ2v) is 9.57. The zero-order valence-corrected chi connectivity index (χ0v) is 22.2. The van der Waals surface area contributed by atoms with E-state index in [1.54, 1.807) is 28.8 Å². The molecule has 4 aromatic rings. The Labute approximate surface area is 227 Å². The average molecular weight is 528 g/mol. The van der Waals surface area contributed by atoms with Crippen LogP contribution in [0.3, 0.4) is 0 Å². The minimum Gasteiger partial charge on any atom is -0.493 e. The van der Waals surface area contributed by atoms with Crippen LogP contribution in [0.1, 0.15) is 44.2 Å². The largest absolute Gasteiger partial charge is 0.493 e. The van der Waals surface area contributed by atoms with Crippen molar-refractivity contribution in [2.45, 2.75) is 51.2 Å². The second-order valence-electron chi connectivity index (χ2n) is 9.57. The first-order valence-electron chi connectivity index (χ1n) is 13.4. The molecule has 2 amide bonds. The van der Waals surface area contributed by atoms with Crippen molar-refractivity contribution in [2.75, 3.05) is 18.6 Å². The molecule has 1 saturated carbocycles. The number of anilines is 1. The fourth-order valence-electron chi connectivity index (χ4n) is 5.16. The fraction of sp³-hybridized carbons (Fsp3) is 0.333. The maximum Gasteiger partial charge on any atom is 0.249 e. The van der Waals surface area contributed by atoms with Crippen LogP contribution >= 0.6 is 0 Å². The summed E-state index contributed by atoms with van der Waals surface area (Å²) >= 11 is 0. The standard InChI is InChI=1S/C30H33N5O4/c1-3-39-26-18-17-21(19-27(26)38-2)29(30(37)31-22-11-7-8-12-22)35(23-13-5-4-6-14-23)28(36)20-34-25-16-10-9-15-24(25)32-33-34/h4-6,9-10,13-19,22,29H,3,7-8,11-12,20H2,1-2H3,(H,31,37). The number of nitrogens with one attached hydrogen (secondary N) is 1. The van der Waals surface area contributed by atoms with Gasteiger partial charge in [-0.05, 0) is 61.7 Å². The normalized spacial score (nSPS) is 14.2. The van der Waals surface area contributed by atoms with Crippen molar-refractivity contribution in [3.05, 3.63) is 78.4 Å². The van der Waals surface area contributed by atoms with E-state index in [9.17, 15) is 9.59 Å². The van der Waals surface area contributed by atoms with Crippen molar-refractivity contribution < 1.29 is 19.1 Å². The lowest BCUT2D eigenvalue weighted by Crippen LogP contribution is -2.47.